The normalized spacial score (nSPS) is 18.8. The smallest absolute Gasteiger partial charge is 0.322 e. The van der Waals surface area contributed by atoms with E-state index in [1.165, 1.54) is 0 Å². The third-order valence-corrected chi connectivity index (χ3v) is 3.14. The molecule has 2 rings (SSSR count). The van der Waals surface area contributed by atoms with Gasteiger partial charge in [0.2, 0.25) is 11.2 Å². The van der Waals surface area contributed by atoms with Crippen LogP contribution in [-0.2, 0) is 0 Å². The van der Waals surface area contributed by atoms with Crippen molar-refractivity contribution >= 4 is 17.5 Å². The molecule has 100 valence electrons. The van der Waals surface area contributed by atoms with Gasteiger partial charge in [-0.25, -0.2) is 0 Å². The predicted octanol–water partition coefficient (Wildman–Crippen LogP) is 1.27. The SMILES string of the molecule is CCOc1nc(Cl)nc(N2CCC(C)(O)CC2)n1. The molecular weight excluding hydrogens is 256 g/mol. The molecule has 1 aliphatic heterocycles. The summed E-state index contributed by atoms with van der Waals surface area (Å²) >= 11 is 5.84. The number of hydrogen-bond donors (Lipinski definition) is 1. The third kappa shape index (κ3) is 3.20. The predicted molar refractivity (Wildman–Crippen MR) is 68.1 cm³/mol. The highest BCUT2D eigenvalue weighted by atomic mass is 35.5. The Bertz CT molecular complexity index is 418. The molecule has 1 N–H and O–H groups in total. The summed E-state index contributed by atoms with van der Waals surface area (Å²) in [7, 11) is 0. The quantitative estimate of drug-likeness (QED) is 0.894. The van der Waals surface area contributed by atoms with Crippen LogP contribution in [0, 0.1) is 0 Å². The average Bonchev–Trinajstić information content (AvgIpc) is 2.28. The van der Waals surface area contributed by atoms with Gasteiger partial charge < -0.3 is 14.7 Å². The Hall–Kier alpha value is -1.14. The maximum atomic E-state index is 9.90. The van der Waals surface area contributed by atoms with Crippen LogP contribution in [0.1, 0.15) is 26.7 Å². The van der Waals surface area contributed by atoms with Gasteiger partial charge in [0.1, 0.15) is 0 Å². The van der Waals surface area contributed by atoms with Gasteiger partial charge in [0.25, 0.3) is 0 Å². The summed E-state index contributed by atoms with van der Waals surface area (Å²) in [6.07, 6.45) is 1.36. The van der Waals surface area contributed by atoms with E-state index in [0.29, 0.717) is 38.5 Å². The van der Waals surface area contributed by atoms with Gasteiger partial charge in [0.05, 0.1) is 12.2 Å². The van der Waals surface area contributed by atoms with Crippen molar-refractivity contribution < 1.29 is 9.84 Å². The molecular formula is C11H17ClN4O2. The number of rotatable bonds is 3. The second-order valence-electron chi connectivity index (χ2n) is 4.60. The van der Waals surface area contributed by atoms with E-state index in [2.05, 4.69) is 15.0 Å². The molecule has 0 saturated carbocycles. The molecule has 1 aromatic rings. The van der Waals surface area contributed by atoms with Gasteiger partial charge in [0.15, 0.2) is 0 Å². The van der Waals surface area contributed by atoms with Crippen LogP contribution in [0.25, 0.3) is 0 Å². The van der Waals surface area contributed by atoms with E-state index in [1.54, 1.807) is 0 Å². The zero-order valence-corrected chi connectivity index (χ0v) is 11.3. The minimum absolute atomic E-state index is 0.126. The number of ether oxygens (including phenoxy) is 1. The van der Waals surface area contributed by atoms with E-state index in [0.717, 1.165) is 0 Å². The van der Waals surface area contributed by atoms with Crippen molar-refractivity contribution in [2.24, 2.45) is 0 Å². The molecule has 6 nitrogen and oxygen atoms in total. The van der Waals surface area contributed by atoms with Crippen molar-refractivity contribution in [2.75, 3.05) is 24.6 Å². The number of nitrogens with zero attached hydrogens (tertiary/aromatic N) is 4. The minimum Gasteiger partial charge on any atom is -0.464 e. The number of piperidine rings is 1. The van der Waals surface area contributed by atoms with Gasteiger partial charge in [-0.05, 0) is 38.3 Å². The van der Waals surface area contributed by atoms with Crippen molar-refractivity contribution in [1.29, 1.82) is 0 Å². The molecule has 0 unspecified atom stereocenters. The molecule has 7 heteroatoms. The van der Waals surface area contributed by atoms with Crippen LogP contribution in [0.5, 0.6) is 6.01 Å². The lowest BCUT2D eigenvalue weighted by Gasteiger charge is -2.35. The molecule has 2 heterocycles. The zero-order valence-electron chi connectivity index (χ0n) is 10.6. The summed E-state index contributed by atoms with van der Waals surface area (Å²) in [5.41, 5.74) is -0.601. The molecule has 1 saturated heterocycles. The standard InChI is InChI=1S/C11H17ClN4O2/c1-3-18-10-14-8(12)13-9(15-10)16-6-4-11(2,17)5-7-16/h17H,3-7H2,1-2H3. The van der Waals surface area contributed by atoms with E-state index >= 15 is 0 Å². The lowest BCUT2D eigenvalue weighted by atomic mass is 9.94. The fraction of sp³-hybridized carbons (Fsp3) is 0.727. The average molecular weight is 273 g/mol. The summed E-state index contributed by atoms with van der Waals surface area (Å²) in [5.74, 6) is 0.508. The lowest BCUT2D eigenvalue weighted by molar-refractivity contribution is 0.0348. The molecule has 0 atom stereocenters. The number of aromatic nitrogens is 3. The van der Waals surface area contributed by atoms with Crippen LogP contribution in [0.3, 0.4) is 0 Å². The van der Waals surface area contributed by atoms with E-state index < -0.39 is 5.60 Å². The monoisotopic (exact) mass is 272 g/mol. The van der Waals surface area contributed by atoms with Gasteiger partial charge in [0, 0.05) is 13.1 Å². The van der Waals surface area contributed by atoms with Crippen molar-refractivity contribution in [3.63, 3.8) is 0 Å². The number of aliphatic hydroxyl groups is 1. The summed E-state index contributed by atoms with van der Waals surface area (Å²) < 4.78 is 5.24. The van der Waals surface area contributed by atoms with E-state index in [1.807, 2.05) is 18.7 Å². The number of halogens is 1. The molecule has 0 radical (unpaired) electrons. The van der Waals surface area contributed by atoms with Crippen LogP contribution in [0.15, 0.2) is 0 Å². The highest BCUT2D eigenvalue weighted by Crippen LogP contribution is 2.25. The molecule has 18 heavy (non-hydrogen) atoms. The Morgan fingerprint density at radius 1 is 1.33 bits per heavy atom. The van der Waals surface area contributed by atoms with Gasteiger partial charge >= 0.3 is 6.01 Å². The van der Waals surface area contributed by atoms with Crippen LogP contribution in [0.2, 0.25) is 5.28 Å². The molecule has 0 spiro atoms. The van der Waals surface area contributed by atoms with Gasteiger partial charge in [-0.2, -0.15) is 15.0 Å². The van der Waals surface area contributed by atoms with Gasteiger partial charge in [-0.3, -0.25) is 0 Å². The molecule has 0 aromatic carbocycles. The number of anilines is 1. The molecule has 1 aliphatic rings. The van der Waals surface area contributed by atoms with Crippen molar-refractivity contribution in [2.45, 2.75) is 32.3 Å². The van der Waals surface area contributed by atoms with E-state index in [9.17, 15) is 5.11 Å². The first-order valence-electron chi connectivity index (χ1n) is 6.02. The van der Waals surface area contributed by atoms with Gasteiger partial charge in [-0.15, -0.1) is 0 Å². The molecule has 0 amide bonds. The largest absolute Gasteiger partial charge is 0.464 e. The Balaban J connectivity index is 2.13. The highest BCUT2D eigenvalue weighted by molar-refractivity contribution is 6.28. The Kier molecular flexibility index (Phi) is 3.87. The Morgan fingerprint density at radius 2 is 2.00 bits per heavy atom. The van der Waals surface area contributed by atoms with Crippen molar-refractivity contribution in [1.82, 2.24) is 15.0 Å². The Morgan fingerprint density at radius 3 is 2.61 bits per heavy atom. The topological polar surface area (TPSA) is 71.4 Å². The minimum atomic E-state index is -0.601. The Labute approximate surface area is 111 Å². The van der Waals surface area contributed by atoms with Gasteiger partial charge in [-0.1, -0.05) is 0 Å². The first kappa shape index (κ1) is 13.3. The van der Waals surface area contributed by atoms with Crippen LogP contribution < -0.4 is 9.64 Å². The number of hydrogen-bond acceptors (Lipinski definition) is 6. The molecule has 0 bridgehead atoms. The fourth-order valence-corrected chi connectivity index (χ4v) is 1.99. The highest BCUT2D eigenvalue weighted by Gasteiger charge is 2.28. The first-order chi connectivity index (χ1) is 8.50. The third-order valence-electron chi connectivity index (χ3n) is 2.97. The summed E-state index contributed by atoms with van der Waals surface area (Å²) in [6.45, 7) is 5.57. The van der Waals surface area contributed by atoms with Crippen LogP contribution >= 0.6 is 11.6 Å². The molecule has 1 fully saturated rings. The van der Waals surface area contributed by atoms with Crippen LogP contribution in [-0.4, -0.2) is 45.4 Å². The summed E-state index contributed by atoms with van der Waals surface area (Å²) in [5, 5.41) is 10.0. The summed E-state index contributed by atoms with van der Waals surface area (Å²) in [6, 6.07) is 0.241. The van der Waals surface area contributed by atoms with E-state index in [-0.39, 0.29) is 11.3 Å². The second kappa shape index (κ2) is 5.24. The lowest BCUT2D eigenvalue weighted by Crippen LogP contribution is -2.43. The van der Waals surface area contributed by atoms with Crippen LogP contribution in [0.4, 0.5) is 5.95 Å². The zero-order chi connectivity index (χ0) is 13.2. The van der Waals surface area contributed by atoms with E-state index in [4.69, 9.17) is 16.3 Å². The second-order valence-corrected chi connectivity index (χ2v) is 4.94. The maximum absolute atomic E-state index is 9.90. The summed E-state index contributed by atoms with van der Waals surface area (Å²) in [4.78, 5) is 14.2. The maximum Gasteiger partial charge on any atom is 0.322 e. The molecule has 1 aromatic heterocycles. The fourth-order valence-electron chi connectivity index (χ4n) is 1.85. The first-order valence-corrected chi connectivity index (χ1v) is 6.40. The van der Waals surface area contributed by atoms with Crippen molar-refractivity contribution in [3.05, 3.63) is 5.28 Å². The van der Waals surface area contributed by atoms with Crippen molar-refractivity contribution in [3.8, 4) is 6.01 Å². The molecule has 0 aliphatic carbocycles.